The van der Waals surface area contributed by atoms with Gasteiger partial charge in [0.25, 0.3) is 11.8 Å². The van der Waals surface area contributed by atoms with E-state index in [2.05, 4.69) is 10.9 Å². The molecule has 2 aliphatic rings. The lowest BCUT2D eigenvalue weighted by Crippen LogP contribution is -2.40. The first-order valence-corrected chi connectivity index (χ1v) is 9.68. The lowest BCUT2D eigenvalue weighted by molar-refractivity contribution is -0.117. The summed E-state index contributed by atoms with van der Waals surface area (Å²) in [4.78, 5) is 24.4. The van der Waals surface area contributed by atoms with Crippen molar-refractivity contribution in [1.29, 1.82) is 0 Å². The molecule has 2 aliphatic heterocycles. The van der Waals surface area contributed by atoms with Crippen molar-refractivity contribution in [2.45, 2.75) is 26.4 Å². The van der Waals surface area contributed by atoms with E-state index in [9.17, 15) is 9.59 Å². The Morgan fingerprint density at radius 2 is 1.97 bits per heavy atom. The standard InChI is InChI=1S/C22H22N2O6/c1-3-27-18-11-16-8-13(2)30-19(16)9-14(18)5-7-21(25)23-24-22(26)15-4-6-17-20(10-15)29-12-28-17/h4-7,9-11,13H,3,8,12H2,1-2H3,(H,23,25)(H,24,26)/b7-5+/t13-/m0/s1. The number of rotatable bonds is 5. The highest BCUT2D eigenvalue weighted by Crippen LogP contribution is 2.36. The minimum Gasteiger partial charge on any atom is -0.493 e. The van der Waals surface area contributed by atoms with Crippen molar-refractivity contribution in [2.75, 3.05) is 13.4 Å². The highest BCUT2D eigenvalue weighted by atomic mass is 16.7. The van der Waals surface area contributed by atoms with Crippen molar-refractivity contribution < 1.29 is 28.5 Å². The number of amides is 2. The first-order chi connectivity index (χ1) is 14.5. The van der Waals surface area contributed by atoms with Gasteiger partial charge < -0.3 is 18.9 Å². The number of carbonyl (C=O) groups is 2. The van der Waals surface area contributed by atoms with Crippen LogP contribution in [-0.4, -0.2) is 31.3 Å². The molecule has 2 N–H and O–H groups in total. The lowest BCUT2D eigenvalue weighted by atomic mass is 10.1. The van der Waals surface area contributed by atoms with Crippen molar-refractivity contribution >= 4 is 17.9 Å². The summed E-state index contributed by atoms with van der Waals surface area (Å²) in [6, 6.07) is 8.59. The molecule has 0 aromatic heterocycles. The van der Waals surface area contributed by atoms with Crippen LogP contribution in [-0.2, 0) is 11.2 Å². The summed E-state index contributed by atoms with van der Waals surface area (Å²) in [6.45, 7) is 4.54. The van der Waals surface area contributed by atoms with Crippen LogP contribution in [0.5, 0.6) is 23.0 Å². The largest absolute Gasteiger partial charge is 0.493 e. The van der Waals surface area contributed by atoms with Crippen molar-refractivity contribution in [3.8, 4) is 23.0 Å². The molecule has 8 nitrogen and oxygen atoms in total. The molecule has 2 heterocycles. The number of hydrogen-bond donors (Lipinski definition) is 2. The molecule has 0 aliphatic carbocycles. The average molecular weight is 410 g/mol. The first kappa shape index (κ1) is 19.6. The molecule has 0 bridgehead atoms. The fourth-order valence-corrected chi connectivity index (χ4v) is 3.30. The molecule has 156 valence electrons. The van der Waals surface area contributed by atoms with Crippen LogP contribution in [0.4, 0.5) is 0 Å². The fraction of sp³-hybridized carbons (Fsp3) is 0.273. The van der Waals surface area contributed by atoms with E-state index in [1.54, 1.807) is 24.3 Å². The maximum atomic E-state index is 12.2. The van der Waals surface area contributed by atoms with Crippen LogP contribution in [0.2, 0.25) is 0 Å². The average Bonchev–Trinajstić information content (AvgIpc) is 3.34. The third-order valence-corrected chi connectivity index (χ3v) is 4.68. The number of nitrogens with one attached hydrogen (secondary N) is 2. The Kier molecular flexibility index (Phi) is 5.47. The highest BCUT2D eigenvalue weighted by Gasteiger charge is 2.21. The van der Waals surface area contributed by atoms with E-state index in [4.69, 9.17) is 18.9 Å². The molecule has 30 heavy (non-hydrogen) atoms. The predicted molar refractivity (Wildman–Crippen MR) is 109 cm³/mol. The smallest absolute Gasteiger partial charge is 0.269 e. The Hall–Kier alpha value is -3.68. The summed E-state index contributed by atoms with van der Waals surface area (Å²) in [5, 5.41) is 0. The number of carbonyl (C=O) groups excluding carboxylic acids is 2. The van der Waals surface area contributed by atoms with E-state index in [1.165, 1.54) is 6.08 Å². The van der Waals surface area contributed by atoms with Gasteiger partial charge in [-0.3, -0.25) is 20.4 Å². The molecule has 4 rings (SSSR count). The van der Waals surface area contributed by atoms with Crippen LogP contribution < -0.4 is 29.8 Å². The Morgan fingerprint density at radius 3 is 2.80 bits per heavy atom. The molecule has 8 heteroatoms. The fourth-order valence-electron chi connectivity index (χ4n) is 3.30. The number of ether oxygens (including phenoxy) is 4. The molecule has 0 unspecified atom stereocenters. The van der Waals surface area contributed by atoms with Gasteiger partial charge in [0, 0.05) is 29.2 Å². The van der Waals surface area contributed by atoms with Gasteiger partial charge in [-0.25, -0.2) is 0 Å². The second kappa shape index (κ2) is 8.36. The van der Waals surface area contributed by atoms with Crippen molar-refractivity contribution in [2.24, 2.45) is 0 Å². The summed E-state index contributed by atoms with van der Waals surface area (Å²) in [6.07, 6.45) is 3.89. The Morgan fingerprint density at radius 1 is 1.13 bits per heavy atom. The summed E-state index contributed by atoms with van der Waals surface area (Å²) < 4.78 is 21.9. The summed E-state index contributed by atoms with van der Waals surface area (Å²) in [7, 11) is 0. The normalized spacial score (nSPS) is 16.1. The van der Waals surface area contributed by atoms with E-state index >= 15 is 0 Å². The van der Waals surface area contributed by atoms with Crippen LogP contribution >= 0.6 is 0 Å². The van der Waals surface area contributed by atoms with Crippen LogP contribution in [0.15, 0.2) is 36.4 Å². The van der Waals surface area contributed by atoms with Gasteiger partial charge in [0.15, 0.2) is 11.5 Å². The third kappa shape index (κ3) is 4.17. The molecular weight excluding hydrogens is 388 g/mol. The minimum absolute atomic E-state index is 0.114. The Balaban J connectivity index is 1.39. The zero-order valence-corrected chi connectivity index (χ0v) is 16.7. The maximum Gasteiger partial charge on any atom is 0.269 e. The maximum absolute atomic E-state index is 12.2. The monoisotopic (exact) mass is 410 g/mol. The molecule has 2 amide bonds. The van der Waals surface area contributed by atoms with E-state index < -0.39 is 11.8 Å². The van der Waals surface area contributed by atoms with Crippen molar-refractivity contribution in [1.82, 2.24) is 10.9 Å². The highest BCUT2D eigenvalue weighted by molar-refractivity contribution is 5.98. The van der Waals surface area contributed by atoms with Crippen LogP contribution in [0.3, 0.4) is 0 Å². The minimum atomic E-state index is -0.485. The van der Waals surface area contributed by atoms with Gasteiger partial charge >= 0.3 is 0 Å². The SMILES string of the molecule is CCOc1cc2c(cc1/C=C/C(=O)NNC(=O)c1ccc3c(c1)OCO3)O[C@@H](C)C2. The zero-order chi connectivity index (χ0) is 21.1. The summed E-state index contributed by atoms with van der Waals surface area (Å²) in [5.74, 6) is 1.60. The van der Waals surface area contributed by atoms with Crippen molar-refractivity contribution in [3.63, 3.8) is 0 Å². The quantitative estimate of drug-likeness (QED) is 0.581. The van der Waals surface area contributed by atoms with Gasteiger partial charge in [0.05, 0.1) is 6.61 Å². The molecular formula is C22H22N2O6. The second-order valence-corrected chi connectivity index (χ2v) is 6.91. The number of hydrogen-bond acceptors (Lipinski definition) is 6. The van der Waals surface area contributed by atoms with Gasteiger partial charge in [0.1, 0.15) is 17.6 Å². The number of hydrazine groups is 1. The van der Waals surface area contributed by atoms with E-state index in [0.717, 1.165) is 23.3 Å². The third-order valence-electron chi connectivity index (χ3n) is 4.68. The number of benzene rings is 2. The lowest BCUT2D eigenvalue weighted by Gasteiger charge is -2.10. The van der Waals surface area contributed by atoms with Crippen LogP contribution in [0, 0.1) is 0 Å². The van der Waals surface area contributed by atoms with Gasteiger partial charge in [-0.1, -0.05) is 0 Å². The van der Waals surface area contributed by atoms with Gasteiger partial charge in [-0.2, -0.15) is 0 Å². The molecule has 0 fully saturated rings. The van der Waals surface area contributed by atoms with Crippen LogP contribution in [0.1, 0.15) is 35.3 Å². The summed E-state index contributed by atoms with van der Waals surface area (Å²) in [5.41, 5.74) is 6.88. The second-order valence-electron chi connectivity index (χ2n) is 6.91. The van der Waals surface area contributed by atoms with Gasteiger partial charge in [-0.05, 0) is 50.3 Å². The van der Waals surface area contributed by atoms with E-state index in [-0.39, 0.29) is 12.9 Å². The van der Waals surface area contributed by atoms with Crippen molar-refractivity contribution in [3.05, 3.63) is 53.1 Å². The molecule has 0 saturated carbocycles. The summed E-state index contributed by atoms with van der Waals surface area (Å²) >= 11 is 0. The first-order valence-electron chi connectivity index (χ1n) is 9.68. The Labute approximate surface area is 173 Å². The molecule has 1 atom stereocenters. The molecule has 0 radical (unpaired) electrons. The molecule has 2 aromatic rings. The predicted octanol–water partition coefficient (Wildman–Crippen LogP) is 2.61. The van der Waals surface area contributed by atoms with E-state index in [1.807, 2.05) is 26.0 Å². The molecule has 0 saturated heterocycles. The van der Waals surface area contributed by atoms with Gasteiger partial charge in [0.2, 0.25) is 6.79 Å². The topological polar surface area (TPSA) is 95.1 Å². The number of fused-ring (bicyclic) bond motifs is 2. The molecule has 0 spiro atoms. The molecule has 2 aromatic carbocycles. The Bertz CT molecular complexity index is 1020. The zero-order valence-electron chi connectivity index (χ0n) is 16.7. The van der Waals surface area contributed by atoms with Gasteiger partial charge in [-0.15, -0.1) is 0 Å². The van der Waals surface area contributed by atoms with Crippen LogP contribution in [0.25, 0.3) is 6.08 Å². The van der Waals surface area contributed by atoms with E-state index in [0.29, 0.717) is 29.4 Å².